The lowest BCUT2D eigenvalue weighted by Gasteiger charge is -2.36. The largest absolute Gasteiger partial charge is 0.287 e. The molecule has 1 spiro atoms. The highest BCUT2D eigenvalue weighted by Gasteiger charge is 2.44. The van der Waals surface area contributed by atoms with E-state index in [2.05, 4.69) is 35.8 Å². The van der Waals surface area contributed by atoms with E-state index in [1.54, 1.807) is 11.8 Å². The number of nitrogens with zero attached hydrogens (tertiary/aromatic N) is 2. The molecule has 30 heavy (non-hydrogen) atoms. The molecular formula is C26H34N2OS. The zero-order valence-corrected chi connectivity index (χ0v) is 19.1. The van der Waals surface area contributed by atoms with E-state index in [-0.39, 0.29) is 11.0 Å². The molecule has 0 aliphatic heterocycles. The molecule has 3 aliphatic rings. The number of unbranched alkanes of at least 4 members (excludes halogenated alkanes) is 1. The molecule has 0 saturated heterocycles. The van der Waals surface area contributed by atoms with Gasteiger partial charge in [0.2, 0.25) is 0 Å². The molecule has 2 fully saturated rings. The Morgan fingerprint density at radius 1 is 1.13 bits per heavy atom. The second-order valence-corrected chi connectivity index (χ2v) is 10.8. The summed E-state index contributed by atoms with van der Waals surface area (Å²) in [5.41, 5.74) is 4.94. The number of fused-ring (bicyclic) bond motifs is 4. The maximum Gasteiger partial charge on any atom is 0.258 e. The minimum absolute atomic E-state index is 0.0117. The van der Waals surface area contributed by atoms with Gasteiger partial charge in [0.25, 0.3) is 5.56 Å². The van der Waals surface area contributed by atoms with Crippen molar-refractivity contribution >= 4 is 11.8 Å². The Kier molecular flexibility index (Phi) is 5.79. The molecule has 1 aromatic heterocycles. The minimum Gasteiger partial charge on any atom is -0.287 e. The first-order valence-corrected chi connectivity index (χ1v) is 13.1. The van der Waals surface area contributed by atoms with Crippen LogP contribution in [0.1, 0.15) is 82.3 Å². The van der Waals surface area contributed by atoms with Crippen LogP contribution >= 0.6 is 11.8 Å². The zero-order chi connectivity index (χ0) is 20.6. The maximum absolute atomic E-state index is 14.1. The molecule has 0 atom stereocenters. The molecule has 5 rings (SSSR count). The predicted octanol–water partition coefficient (Wildman–Crippen LogP) is 6.36. The highest BCUT2D eigenvalue weighted by atomic mass is 32.2. The molecule has 1 heterocycles. The molecule has 0 N–H and O–H groups in total. The monoisotopic (exact) mass is 422 g/mol. The van der Waals surface area contributed by atoms with Crippen LogP contribution in [0.5, 0.6) is 0 Å². The molecule has 160 valence electrons. The smallest absolute Gasteiger partial charge is 0.258 e. The first kappa shape index (κ1) is 20.4. The van der Waals surface area contributed by atoms with Gasteiger partial charge in [0.1, 0.15) is 0 Å². The molecule has 1 aromatic carbocycles. The second kappa shape index (κ2) is 8.53. The van der Waals surface area contributed by atoms with E-state index in [1.807, 2.05) is 0 Å². The van der Waals surface area contributed by atoms with Gasteiger partial charge in [-0.05, 0) is 50.0 Å². The summed E-state index contributed by atoms with van der Waals surface area (Å²) in [6.07, 6.45) is 13.2. The van der Waals surface area contributed by atoms with E-state index in [4.69, 9.17) is 4.98 Å². The van der Waals surface area contributed by atoms with E-state index in [0.717, 1.165) is 48.0 Å². The van der Waals surface area contributed by atoms with Crippen LogP contribution in [0.15, 0.2) is 34.2 Å². The molecular weight excluding hydrogens is 388 g/mol. The highest BCUT2D eigenvalue weighted by molar-refractivity contribution is 7.99. The van der Waals surface area contributed by atoms with Gasteiger partial charge in [-0.3, -0.25) is 9.36 Å². The Hall–Kier alpha value is -1.55. The zero-order valence-electron chi connectivity index (χ0n) is 18.3. The molecule has 4 heteroatoms. The number of thioether (sulfide) groups is 1. The number of hydrogen-bond acceptors (Lipinski definition) is 3. The van der Waals surface area contributed by atoms with Crippen molar-refractivity contribution in [1.29, 1.82) is 0 Å². The lowest BCUT2D eigenvalue weighted by Crippen LogP contribution is -2.41. The van der Waals surface area contributed by atoms with Crippen LogP contribution in [0.25, 0.3) is 11.3 Å². The quantitative estimate of drug-likeness (QED) is 0.309. The molecule has 3 aliphatic carbocycles. The van der Waals surface area contributed by atoms with Crippen molar-refractivity contribution in [3.05, 3.63) is 45.7 Å². The molecule has 0 radical (unpaired) electrons. The molecule has 3 nitrogen and oxygen atoms in total. The third-order valence-electron chi connectivity index (χ3n) is 7.67. The normalized spacial score (nSPS) is 19.9. The van der Waals surface area contributed by atoms with Gasteiger partial charge in [0.05, 0.1) is 11.3 Å². The van der Waals surface area contributed by atoms with Crippen molar-refractivity contribution in [1.82, 2.24) is 9.55 Å². The highest BCUT2D eigenvalue weighted by Crippen LogP contribution is 2.50. The maximum atomic E-state index is 14.1. The van der Waals surface area contributed by atoms with Gasteiger partial charge in [-0.1, -0.05) is 75.1 Å². The van der Waals surface area contributed by atoms with Gasteiger partial charge in [-0.25, -0.2) is 4.98 Å². The van der Waals surface area contributed by atoms with Crippen molar-refractivity contribution < 1.29 is 0 Å². The SMILES string of the molecule is CCCCSc1nc2c(c(=O)n1CC1CCCC1)C1(CCCC1)Cc1ccccc1-2. The molecule has 2 aromatic rings. The third-order valence-corrected chi connectivity index (χ3v) is 8.73. The standard InChI is InChI=1S/C26H34N2OS/c1-2-3-16-30-25-27-23-21-13-7-6-12-20(21)17-26(14-8-9-15-26)22(23)24(29)28(25)18-19-10-4-5-11-19/h6-7,12-13,19H,2-5,8-11,14-18H2,1H3. The van der Waals surface area contributed by atoms with Gasteiger partial charge in [-0.15, -0.1) is 0 Å². The van der Waals surface area contributed by atoms with Crippen molar-refractivity contribution in [2.75, 3.05) is 5.75 Å². The molecule has 0 amide bonds. The summed E-state index contributed by atoms with van der Waals surface area (Å²) >= 11 is 1.80. The Morgan fingerprint density at radius 2 is 1.90 bits per heavy atom. The van der Waals surface area contributed by atoms with E-state index >= 15 is 0 Å². The molecule has 0 unspecified atom stereocenters. The average Bonchev–Trinajstić information content (AvgIpc) is 3.43. The van der Waals surface area contributed by atoms with E-state index in [0.29, 0.717) is 5.92 Å². The van der Waals surface area contributed by atoms with Gasteiger partial charge >= 0.3 is 0 Å². The second-order valence-electron chi connectivity index (χ2n) is 9.71. The average molecular weight is 423 g/mol. The third kappa shape index (κ3) is 3.55. The van der Waals surface area contributed by atoms with Crippen LogP contribution in [-0.4, -0.2) is 15.3 Å². The summed E-state index contributed by atoms with van der Waals surface area (Å²) < 4.78 is 2.10. The lowest BCUT2D eigenvalue weighted by atomic mass is 9.68. The minimum atomic E-state index is 0.0117. The Morgan fingerprint density at radius 3 is 2.67 bits per heavy atom. The van der Waals surface area contributed by atoms with Gasteiger partial charge < -0.3 is 0 Å². The number of aromatic nitrogens is 2. The summed E-state index contributed by atoms with van der Waals surface area (Å²) in [5, 5.41) is 0.962. The topological polar surface area (TPSA) is 34.9 Å². The van der Waals surface area contributed by atoms with E-state index in [1.165, 1.54) is 62.5 Å². The summed E-state index contributed by atoms with van der Waals surface area (Å²) in [6.45, 7) is 3.10. The summed E-state index contributed by atoms with van der Waals surface area (Å²) in [7, 11) is 0. The lowest BCUT2D eigenvalue weighted by molar-refractivity contribution is 0.389. The molecule has 0 bridgehead atoms. The predicted molar refractivity (Wildman–Crippen MR) is 125 cm³/mol. The summed E-state index contributed by atoms with van der Waals surface area (Å²) in [4.78, 5) is 19.4. The van der Waals surface area contributed by atoms with Crippen molar-refractivity contribution in [2.24, 2.45) is 5.92 Å². The number of hydrogen-bond donors (Lipinski definition) is 0. The first-order chi connectivity index (χ1) is 14.7. The van der Waals surface area contributed by atoms with Crippen LogP contribution in [0.4, 0.5) is 0 Å². The first-order valence-electron chi connectivity index (χ1n) is 12.1. The van der Waals surface area contributed by atoms with Gasteiger partial charge in [-0.2, -0.15) is 0 Å². The molecule has 2 saturated carbocycles. The Bertz CT molecular complexity index is 967. The fraction of sp³-hybridized carbons (Fsp3) is 0.615. The van der Waals surface area contributed by atoms with Crippen LogP contribution in [0, 0.1) is 5.92 Å². The van der Waals surface area contributed by atoms with Gasteiger partial charge in [0.15, 0.2) is 5.16 Å². The van der Waals surface area contributed by atoms with E-state index < -0.39 is 0 Å². The summed E-state index contributed by atoms with van der Waals surface area (Å²) in [5.74, 6) is 1.68. The summed E-state index contributed by atoms with van der Waals surface area (Å²) in [6, 6.07) is 8.69. The van der Waals surface area contributed by atoms with Crippen molar-refractivity contribution in [2.45, 2.75) is 94.7 Å². The van der Waals surface area contributed by atoms with Crippen molar-refractivity contribution in [3.8, 4) is 11.3 Å². The fourth-order valence-electron chi connectivity index (χ4n) is 6.08. The fourth-order valence-corrected chi connectivity index (χ4v) is 7.16. The van der Waals surface area contributed by atoms with Crippen LogP contribution < -0.4 is 5.56 Å². The van der Waals surface area contributed by atoms with Crippen LogP contribution in [-0.2, 0) is 18.4 Å². The Balaban J connectivity index is 1.67. The number of rotatable bonds is 6. The Labute approximate surface area is 184 Å². The van der Waals surface area contributed by atoms with Crippen LogP contribution in [0.3, 0.4) is 0 Å². The van der Waals surface area contributed by atoms with Gasteiger partial charge in [0, 0.05) is 23.3 Å². The van der Waals surface area contributed by atoms with Crippen molar-refractivity contribution in [3.63, 3.8) is 0 Å². The van der Waals surface area contributed by atoms with E-state index in [9.17, 15) is 4.79 Å². The number of benzene rings is 1. The van der Waals surface area contributed by atoms with Crippen LogP contribution in [0.2, 0.25) is 0 Å².